The lowest BCUT2D eigenvalue weighted by Crippen LogP contribution is -2.36. The van der Waals surface area contributed by atoms with Crippen LogP contribution in [0.5, 0.6) is 0 Å². The van der Waals surface area contributed by atoms with E-state index >= 15 is 0 Å². The molecular formula is C11H23NO3. The van der Waals surface area contributed by atoms with Gasteiger partial charge in [0.15, 0.2) is 0 Å². The predicted octanol–water partition coefficient (Wildman–Crippen LogP) is 0.352. The van der Waals surface area contributed by atoms with E-state index in [4.69, 9.17) is 9.47 Å². The van der Waals surface area contributed by atoms with Gasteiger partial charge in [-0.25, -0.2) is 0 Å². The highest BCUT2D eigenvalue weighted by Crippen LogP contribution is 2.16. The first kappa shape index (κ1) is 12.9. The molecule has 0 spiro atoms. The van der Waals surface area contributed by atoms with Crippen molar-refractivity contribution in [3.63, 3.8) is 0 Å². The Bertz CT molecular complexity index is 160. The minimum atomic E-state index is -0.265. The molecule has 1 saturated heterocycles. The number of likely N-dealkylation sites (N-methyl/N-ethyl adjacent to an activating group) is 1. The third kappa shape index (κ3) is 4.93. The summed E-state index contributed by atoms with van der Waals surface area (Å²) in [4.78, 5) is 2.11. The number of hydrogen-bond donors (Lipinski definition) is 1. The summed E-state index contributed by atoms with van der Waals surface area (Å²) in [6.07, 6.45) is 0.722. The van der Waals surface area contributed by atoms with Crippen molar-refractivity contribution in [1.29, 1.82) is 0 Å². The Morgan fingerprint density at radius 1 is 1.60 bits per heavy atom. The molecule has 0 saturated carbocycles. The normalized spacial score (nSPS) is 23.6. The summed E-state index contributed by atoms with van der Waals surface area (Å²) in [6.45, 7) is 6.57. The highest BCUT2D eigenvalue weighted by molar-refractivity contribution is 4.74. The minimum absolute atomic E-state index is 0.265. The van der Waals surface area contributed by atoms with E-state index in [2.05, 4.69) is 4.90 Å². The Morgan fingerprint density at radius 2 is 2.40 bits per heavy atom. The topological polar surface area (TPSA) is 41.9 Å². The molecule has 1 aliphatic heterocycles. The van der Waals surface area contributed by atoms with Crippen molar-refractivity contribution in [2.24, 2.45) is 5.92 Å². The molecular weight excluding hydrogens is 194 g/mol. The first-order valence-electron chi connectivity index (χ1n) is 5.76. The van der Waals surface area contributed by atoms with Crippen LogP contribution in [-0.4, -0.2) is 62.7 Å². The van der Waals surface area contributed by atoms with Crippen LogP contribution in [0.25, 0.3) is 0 Å². The average molecular weight is 217 g/mol. The van der Waals surface area contributed by atoms with Crippen LogP contribution in [-0.2, 0) is 9.47 Å². The molecule has 0 amide bonds. The second kappa shape index (κ2) is 7.17. The lowest BCUT2D eigenvalue weighted by atomic mass is 10.0. The van der Waals surface area contributed by atoms with Crippen molar-refractivity contribution in [1.82, 2.24) is 4.90 Å². The summed E-state index contributed by atoms with van der Waals surface area (Å²) >= 11 is 0. The molecule has 0 aromatic heterocycles. The molecule has 2 atom stereocenters. The fraction of sp³-hybridized carbons (Fsp3) is 1.00. The summed E-state index contributed by atoms with van der Waals surface area (Å²) in [5.41, 5.74) is 0. The van der Waals surface area contributed by atoms with Crippen molar-refractivity contribution in [2.75, 3.05) is 46.6 Å². The zero-order valence-corrected chi connectivity index (χ0v) is 9.82. The largest absolute Gasteiger partial charge is 0.391 e. The number of nitrogens with zero attached hydrogens (tertiary/aromatic N) is 1. The molecule has 4 nitrogen and oxygen atoms in total. The van der Waals surface area contributed by atoms with Crippen LogP contribution in [0.15, 0.2) is 0 Å². The van der Waals surface area contributed by atoms with E-state index in [0.29, 0.717) is 19.1 Å². The van der Waals surface area contributed by atoms with Crippen LogP contribution in [0.1, 0.15) is 13.3 Å². The molecule has 1 rings (SSSR count). The second-order valence-corrected chi connectivity index (χ2v) is 4.15. The van der Waals surface area contributed by atoms with Crippen LogP contribution in [0.2, 0.25) is 0 Å². The Kier molecular flexibility index (Phi) is 6.17. The van der Waals surface area contributed by atoms with Gasteiger partial charge in [-0.15, -0.1) is 0 Å². The molecule has 0 aromatic rings. The molecule has 4 heteroatoms. The summed E-state index contributed by atoms with van der Waals surface area (Å²) in [7, 11) is 2.01. The molecule has 90 valence electrons. The third-order valence-corrected chi connectivity index (χ3v) is 2.83. The van der Waals surface area contributed by atoms with Gasteiger partial charge in [0.25, 0.3) is 0 Å². The van der Waals surface area contributed by atoms with Gasteiger partial charge in [-0.05, 0) is 20.4 Å². The van der Waals surface area contributed by atoms with Gasteiger partial charge in [-0.2, -0.15) is 0 Å². The number of aliphatic hydroxyl groups excluding tert-OH is 1. The van der Waals surface area contributed by atoms with Gasteiger partial charge in [0.05, 0.1) is 19.3 Å². The molecule has 1 heterocycles. The van der Waals surface area contributed by atoms with Gasteiger partial charge in [-0.3, -0.25) is 0 Å². The van der Waals surface area contributed by atoms with E-state index in [1.165, 1.54) is 0 Å². The van der Waals surface area contributed by atoms with Crippen molar-refractivity contribution in [3.05, 3.63) is 0 Å². The van der Waals surface area contributed by atoms with Gasteiger partial charge in [0.1, 0.15) is 0 Å². The molecule has 0 aromatic carbocycles. The average Bonchev–Trinajstić information content (AvgIpc) is 2.70. The zero-order chi connectivity index (χ0) is 11.1. The van der Waals surface area contributed by atoms with Crippen molar-refractivity contribution in [3.8, 4) is 0 Å². The highest BCUT2D eigenvalue weighted by Gasteiger charge is 2.24. The van der Waals surface area contributed by atoms with Crippen molar-refractivity contribution in [2.45, 2.75) is 19.4 Å². The van der Waals surface area contributed by atoms with Crippen LogP contribution in [0.3, 0.4) is 0 Å². The number of hydrogen-bond acceptors (Lipinski definition) is 4. The fourth-order valence-corrected chi connectivity index (χ4v) is 1.78. The van der Waals surface area contributed by atoms with Gasteiger partial charge in [0.2, 0.25) is 0 Å². The van der Waals surface area contributed by atoms with Crippen LogP contribution < -0.4 is 0 Å². The Morgan fingerprint density at radius 3 is 3.00 bits per heavy atom. The summed E-state index contributed by atoms with van der Waals surface area (Å²) in [5.74, 6) is 0.319. The minimum Gasteiger partial charge on any atom is -0.391 e. The Labute approximate surface area is 92.2 Å². The maximum Gasteiger partial charge on any atom is 0.0717 e. The molecule has 0 bridgehead atoms. The molecule has 1 N–H and O–H groups in total. The van der Waals surface area contributed by atoms with Crippen LogP contribution in [0.4, 0.5) is 0 Å². The fourth-order valence-electron chi connectivity index (χ4n) is 1.78. The second-order valence-electron chi connectivity index (χ2n) is 4.15. The van der Waals surface area contributed by atoms with Gasteiger partial charge in [0, 0.05) is 32.2 Å². The number of ether oxygens (including phenoxy) is 2. The predicted molar refractivity (Wildman–Crippen MR) is 58.9 cm³/mol. The van der Waals surface area contributed by atoms with E-state index in [-0.39, 0.29) is 6.10 Å². The van der Waals surface area contributed by atoms with E-state index in [1.54, 1.807) is 0 Å². The number of aliphatic hydroxyl groups is 1. The smallest absolute Gasteiger partial charge is 0.0717 e. The lowest BCUT2D eigenvalue weighted by molar-refractivity contribution is 0.0512. The van der Waals surface area contributed by atoms with Crippen LogP contribution >= 0.6 is 0 Å². The Hall–Kier alpha value is -0.160. The molecule has 1 fully saturated rings. The first-order valence-corrected chi connectivity index (χ1v) is 5.76. The quantitative estimate of drug-likeness (QED) is 0.625. The highest BCUT2D eigenvalue weighted by atomic mass is 16.5. The van der Waals surface area contributed by atoms with Crippen molar-refractivity contribution < 1.29 is 14.6 Å². The van der Waals surface area contributed by atoms with E-state index in [0.717, 1.165) is 32.8 Å². The molecule has 1 aliphatic rings. The molecule has 0 aliphatic carbocycles. The summed E-state index contributed by atoms with van der Waals surface area (Å²) in [6, 6.07) is 0. The first-order chi connectivity index (χ1) is 7.24. The molecule has 2 unspecified atom stereocenters. The van der Waals surface area contributed by atoms with E-state index in [9.17, 15) is 5.11 Å². The van der Waals surface area contributed by atoms with Gasteiger partial charge >= 0.3 is 0 Å². The van der Waals surface area contributed by atoms with Gasteiger partial charge in [-0.1, -0.05) is 0 Å². The summed E-state index contributed by atoms with van der Waals surface area (Å²) in [5, 5.41) is 9.91. The third-order valence-electron chi connectivity index (χ3n) is 2.83. The summed E-state index contributed by atoms with van der Waals surface area (Å²) < 4.78 is 10.5. The van der Waals surface area contributed by atoms with E-state index in [1.807, 2.05) is 14.0 Å². The maximum atomic E-state index is 9.91. The maximum absolute atomic E-state index is 9.91. The lowest BCUT2D eigenvalue weighted by Gasteiger charge is -2.23. The SMILES string of the molecule is CCOCCN(C)CC(O)C1CCOC1. The zero-order valence-electron chi connectivity index (χ0n) is 9.82. The van der Waals surface area contributed by atoms with Crippen molar-refractivity contribution >= 4 is 0 Å². The number of rotatable bonds is 7. The Balaban J connectivity index is 2.10. The van der Waals surface area contributed by atoms with Crippen LogP contribution in [0, 0.1) is 5.92 Å². The molecule has 0 radical (unpaired) electrons. The monoisotopic (exact) mass is 217 g/mol. The molecule has 15 heavy (non-hydrogen) atoms. The van der Waals surface area contributed by atoms with Gasteiger partial charge < -0.3 is 19.5 Å². The standard InChI is InChI=1S/C11H23NO3/c1-3-14-7-5-12(2)8-11(13)10-4-6-15-9-10/h10-11,13H,3-9H2,1-2H3. The van der Waals surface area contributed by atoms with E-state index < -0.39 is 0 Å².